The van der Waals surface area contributed by atoms with Crippen molar-refractivity contribution in [1.29, 1.82) is 0 Å². The monoisotopic (exact) mass is 1020 g/mol. The zero-order chi connectivity index (χ0) is 52.3. The third-order valence-electron chi connectivity index (χ3n) is 16.0. The van der Waals surface area contributed by atoms with Crippen molar-refractivity contribution in [3.05, 3.63) is 12.2 Å². The number of allylic oxidation sites excluding steroid dienone is 2. The molecule has 0 bridgehead atoms. The summed E-state index contributed by atoms with van der Waals surface area (Å²) in [5, 5.41) is 44.2. The van der Waals surface area contributed by atoms with Crippen LogP contribution in [0.5, 0.6) is 0 Å². The van der Waals surface area contributed by atoms with Gasteiger partial charge >= 0.3 is 0 Å². The first-order chi connectivity index (χ1) is 35.5. The van der Waals surface area contributed by atoms with Crippen molar-refractivity contribution >= 4 is 5.91 Å². The number of nitrogens with one attached hydrogen (secondary N) is 1. The maximum absolute atomic E-state index is 12.6. The lowest BCUT2D eigenvalue weighted by molar-refractivity contribution is -0.132. The van der Waals surface area contributed by atoms with Crippen molar-refractivity contribution in [3.63, 3.8) is 0 Å². The highest BCUT2D eigenvalue weighted by Crippen LogP contribution is 2.19. The van der Waals surface area contributed by atoms with Gasteiger partial charge in [0.25, 0.3) is 0 Å². The van der Waals surface area contributed by atoms with E-state index in [9.17, 15) is 25.2 Å². The van der Waals surface area contributed by atoms with Gasteiger partial charge in [0.2, 0.25) is 5.91 Å². The molecule has 430 valence electrons. The SMILES string of the molecule is CCCCCCCCCCCCCC/C=C\CCCCCCCCCCCCC(O)C(=O)NC(CO)C(O)C(O)CCCCCCCCCCCCCCCCCCCCCCCCCCCCCCCC. The number of hydrogen-bond donors (Lipinski definition) is 5. The van der Waals surface area contributed by atoms with E-state index in [2.05, 4.69) is 31.3 Å². The molecule has 0 spiro atoms. The quantitative estimate of drug-likeness (QED) is 0.0308. The Morgan fingerprint density at radius 3 is 0.806 bits per heavy atom. The number of rotatable bonds is 62. The second kappa shape index (κ2) is 60.9. The molecule has 0 heterocycles. The highest BCUT2D eigenvalue weighted by molar-refractivity contribution is 5.80. The highest BCUT2D eigenvalue weighted by Gasteiger charge is 2.28. The van der Waals surface area contributed by atoms with E-state index in [4.69, 9.17) is 0 Å². The molecule has 0 aromatic heterocycles. The van der Waals surface area contributed by atoms with Gasteiger partial charge in [-0.3, -0.25) is 4.79 Å². The molecule has 6 nitrogen and oxygen atoms in total. The molecule has 0 fully saturated rings. The summed E-state index contributed by atoms with van der Waals surface area (Å²) in [6.07, 6.45) is 74.6. The van der Waals surface area contributed by atoms with Crippen LogP contribution in [-0.4, -0.2) is 57.3 Å². The van der Waals surface area contributed by atoms with E-state index in [1.54, 1.807) is 0 Å². The molecule has 0 saturated heterocycles. The summed E-state index contributed by atoms with van der Waals surface area (Å²) in [6, 6.07) is -0.985. The fourth-order valence-corrected chi connectivity index (χ4v) is 10.8. The zero-order valence-corrected chi connectivity index (χ0v) is 49.0. The van der Waals surface area contributed by atoms with Gasteiger partial charge in [0.05, 0.1) is 18.8 Å². The minimum Gasteiger partial charge on any atom is -0.394 e. The molecule has 5 N–H and O–H groups in total. The summed E-state index contributed by atoms with van der Waals surface area (Å²) in [4.78, 5) is 12.6. The van der Waals surface area contributed by atoms with Crippen LogP contribution in [0, 0.1) is 0 Å². The molecule has 0 aliphatic carbocycles. The first kappa shape index (κ1) is 71.0. The third-order valence-corrected chi connectivity index (χ3v) is 16.0. The van der Waals surface area contributed by atoms with E-state index in [1.807, 2.05) is 0 Å². The summed E-state index contributed by atoms with van der Waals surface area (Å²) in [7, 11) is 0. The first-order valence-electron chi connectivity index (χ1n) is 33.1. The van der Waals surface area contributed by atoms with E-state index >= 15 is 0 Å². The van der Waals surface area contributed by atoms with Gasteiger partial charge in [0, 0.05) is 0 Å². The van der Waals surface area contributed by atoms with Gasteiger partial charge in [0.1, 0.15) is 12.2 Å². The van der Waals surface area contributed by atoms with Crippen LogP contribution in [0.4, 0.5) is 0 Å². The molecule has 0 aromatic rings. The van der Waals surface area contributed by atoms with E-state index < -0.39 is 36.9 Å². The molecule has 0 saturated carbocycles. The van der Waals surface area contributed by atoms with Gasteiger partial charge in [-0.2, -0.15) is 0 Å². The molecule has 0 radical (unpaired) electrons. The highest BCUT2D eigenvalue weighted by atomic mass is 16.3. The largest absolute Gasteiger partial charge is 0.394 e. The van der Waals surface area contributed by atoms with E-state index in [-0.39, 0.29) is 0 Å². The predicted octanol–water partition coefficient (Wildman–Crippen LogP) is 20.0. The lowest BCUT2D eigenvalue weighted by atomic mass is 9.99. The molecule has 0 aliphatic heterocycles. The number of aliphatic hydroxyl groups is 4. The maximum Gasteiger partial charge on any atom is 0.249 e. The third kappa shape index (κ3) is 53.9. The van der Waals surface area contributed by atoms with Crippen molar-refractivity contribution in [2.75, 3.05) is 6.61 Å². The molecule has 4 atom stereocenters. The minimum atomic E-state index is -1.26. The number of unbranched alkanes of at least 4 members (excludes halogenated alkanes) is 51. The maximum atomic E-state index is 12.6. The Labute approximate surface area is 451 Å². The zero-order valence-electron chi connectivity index (χ0n) is 49.0. The van der Waals surface area contributed by atoms with Crippen LogP contribution in [-0.2, 0) is 4.79 Å². The van der Waals surface area contributed by atoms with Gasteiger partial charge in [-0.05, 0) is 38.5 Å². The minimum absolute atomic E-state index is 0.371. The Kier molecular flexibility index (Phi) is 60.1. The molecule has 6 heteroatoms. The Balaban J connectivity index is 3.55. The average molecular weight is 1020 g/mol. The number of carbonyl (C=O) groups excluding carboxylic acids is 1. The predicted molar refractivity (Wildman–Crippen MR) is 316 cm³/mol. The van der Waals surface area contributed by atoms with Gasteiger partial charge in [-0.25, -0.2) is 0 Å². The van der Waals surface area contributed by atoms with Crippen molar-refractivity contribution in [1.82, 2.24) is 5.32 Å². The number of hydrogen-bond acceptors (Lipinski definition) is 5. The Hall–Kier alpha value is -0.950. The van der Waals surface area contributed by atoms with Crippen LogP contribution in [0.1, 0.15) is 373 Å². The van der Waals surface area contributed by atoms with E-state index in [0.717, 1.165) is 38.5 Å². The lowest BCUT2D eigenvalue weighted by Gasteiger charge is -2.27. The van der Waals surface area contributed by atoms with Crippen molar-refractivity contribution in [2.24, 2.45) is 0 Å². The number of amides is 1. The molecular weight excluding hydrogens is 887 g/mol. The summed E-state index contributed by atoms with van der Waals surface area (Å²) < 4.78 is 0. The standard InChI is InChI=1S/C66H131NO5/c1-3-5-7-9-11-13-15-17-19-21-23-25-27-29-31-32-33-34-36-37-39-41-43-45-47-49-51-53-55-57-59-63(69)65(71)62(61-68)67-66(72)64(70)60-58-56-54-52-50-48-46-44-42-40-38-35-30-28-26-24-22-20-18-16-14-12-10-8-6-4-2/h30,35,62-65,68-71H,3-29,31-34,36-61H2,1-2H3,(H,67,72)/b35-30-. The van der Waals surface area contributed by atoms with E-state index in [0.29, 0.717) is 12.8 Å². The summed E-state index contributed by atoms with van der Waals surface area (Å²) in [5.41, 5.74) is 0. The van der Waals surface area contributed by atoms with Crippen LogP contribution in [0.25, 0.3) is 0 Å². The van der Waals surface area contributed by atoms with Gasteiger partial charge in [-0.15, -0.1) is 0 Å². The Morgan fingerprint density at radius 1 is 0.333 bits per heavy atom. The van der Waals surface area contributed by atoms with Crippen LogP contribution < -0.4 is 5.32 Å². The van der Waals surface area contributed by atoms with Gasteiger partial charge in [0.15, 0.2) is 0 Å². The molecule has 72 heavy (non-hydrogen) atoms. The average Bonchev–Trinajstić information content (AvgIpc) is 3.39. The van der Waals surface area contributed by atoms with E-state index in [1.165, 1.54) is 308 Å². The van der Waals surface area contributed by atoms with Crippen LogP contribution in [0.15, 0.2) is 12.2 Å². The van der Waals surface area contributed by atoms with Gasteiger partial charge < -0.3 is 25.7 Å². The molecule has 4 unspecified atom stereocenters. The van der Waals surface area contributed by atoms with Crippen LogP contribution >= 0.6 is 0 Å². The topological polar surface area (TPSA) is 110 Å². The molecule has 0 aromatic carbocycles. The Bertz CT molecular complexity index is 1050. The molecule has 0 aliphatic rings. The summed E-state index contributed by atoms with van der Waals surface area (Å²) in [6.45, 7) is 4.11. The van der Waals surface area contributed by atoms with Crippen molar-refractivity contribution in [3.8, 4) is 0 Å². The molecular formula is C66H131NO5. The number of aliphatic hydroxyl groups excluding tert-OH is 4. The lowest BCUT2D eigenvalue weighted by Crippen LogP contribution is -2.53. The summed E-state index contributed by atoms with van der Waals surface area (Å²) >= 11 is 0. The van der Waals surface area contributed by atoms with Gasteiger partial charge in [-0.1, -0.05) is 347 Å². The van der Waals surface area contributed by atoms with Crippen molar-refractivity contribution < 1.29 is 25.2 Å². The summed E-state index contributed by atoms with van der Waals surface area (Å²) in [5.74, 6) is -0.578. The van der Waals surface area contributed by atoms with Crippen molar-refractivity contribution in [2.45, 2.75) is 398 Å². The molecule has 1 amide bonds. The second-order valence-corrected chi connectivity index (χ2v) is 23.2. The Morgan fingerprint density at radius 2 is 0.556 bits per heavy atom. The normalized spacial score (nSPS) is 13.6. The second-order valence-electron chi connectivity index (χ2n) is 23.2. The van der Waals surface area contributed by atoms with Crippen LogP contribution in [0.2, 0.25) is 0 Å². The smallest absolute Gasteiger partial charge is 0.249 e. The van der Waals surface area contributed by atoms with Crippen LogP contribution in [0.3, 0.4) is 0 Å². The fraction of sp³-hybridized carbons (Fsp3) is 0.955. The molecule has 0 rings (SSSR count). The first-order valence-corrected chi connectivity index (χ1v) is 33.1. The fourth-order valence-electron chi connectivity index (χ4n) is 10.8. The number of carbonyl (C=O) groups is 1.